The molecular formula is C28H28F3NO5. The van der Waals surface area contributed by atoms with Crippen molar-refractivity contribution in [2.75, 3.05) is 6.54 Å². The summed E-state index contributed by atoms with van der Waals surface area (Å²) in [7, 11) is 0. The van der Waals surface area contributed by atoms with E-state index in [1.807, 2.05) is 0 Å². The quantitative estimate of drug-likeness (QED) is 0.359. The SMILES string of the molecule is Cc1cc(OC(C)CNC(=O)c2ccc(-c3cccc(C(F)(F)F)c3)cc2)ccc1OC(C)(C)C(=O)O. The van der Waals surface area contributed by atoms with E-state index in [9.17, 15) is 27.9 Å². The normalized spacial score (nSPS) is 12.5. The van der Waals surface area contributed by atoms with E-state index in [4.69, 9.17) is 9.47 Å². The predicted octanol–water partition coefficient (Wildman–Crippen LogP) is 6.12. The molecule has 0 radical (unpaired) electrons. The Morgan fingerprint density at radius 1 is 0.973 bits per heavy atom. The number of carbonyl (C=O) groups is 2. The first-order valence-electron chi connectivity index (χ1n) is 11.5. The van der Waals surface area contributed by atoms with Crippen LogP contribution in [0.2, 0.25) is 0 Å². The number of benzene rings is 3. The molecule has 3 rings (SSSR count). The second-order valence-corrected chi connectivity index (χ2v) is 9.14. The Bertz CT molecular complexity index is 1270. The summed E-state index contributed by atoms with van der Waals surface area (Å²) in [4.78, 5) is 23.8. The average molecular weight is 516 g/mol. The molecule has 0 aromatic heterocycles. The largest absolute Gasteiger partial charge is 0.489 e. The number of aryl methyl sites for hydroxylation is 1. The highest BCUT2D eigenvalue weighted by atomic mass is 19.4. The summed E-state index contributed by atoms with van der Waals surface area (Å²) in [6.07, 6.45) is -4.81. The van der Waals surface area contributed by atoms with Crippen LogP contribution in [-0.2, 0) is 11.0 Å². The lowest BCUT2D eigenvalue weighted by Crippen LogP contribution is -2.38. The summed E-state index contributed by atoms with van der Waals surface area (Å²) in [5, 5.41) is 12.0. The first-order chi connectivity index (χ1) is 17.3. The molecule has 6 nitrogen and oxygen atoms in total. The maximum Gasteiger partial charge on any atom is 0.416 e. The van der Waals surface area contributed by atoms with Crippen LogP contribution in [0.25, 0.3) is 11.1 Å². The molecule has 37 heavy (non-hydrogen) atoms. The molecule has 0 bridgehead atoms. The van der Waals surface area contributed by atoms with Crippen molar-refractivity contribution < 1.29 is 37.3 Å². The number of rotatable bonds is 9. The minimum atomic E-state index is -4.43. The lowest BCUT2D eigenvalue weighted by Gasteiger charge is -2.23. The van der Waals surface area contributed by atoms with Gasteiger partial charge in [0.2, 0.25) is 0 Å². The Labute approximate surface area is 213 Å². The Morgan fingerprint density at radius 2 is 1.65 bits per heavy atom. The van der Waals surface area contributed by atoms with E-state index in [-0.39, 0.29) is 18.6 Å². The number of halogens is 3. The summed E-state index contributed by atoms with van der Waals surface area (Å²) in [5.41, 5.74) is -0.0841. The number of ether oxygens (including phenoxy) is 2. The Hall–Kier alpha value is -4.01. The minimum Gasteiger partial charge on any atom is -0.489 e. The molecule has 0 fully saturated rings. The van der Waals surface area contributed by atoms with Gasteiger partial charge in [-0.2, -0.15) is 13.2 Å². The summed E-state index contributed by atoms with van der Waals surface area (Å²) >= 11 is 0. The number of hydrogen-bond acceptors (Lipinski definition) is 4. The molecule has 9 heteroatoms. The number of carbonyl (C=O) groups excluding carboxylic acids is 1. The molecule has 0 aliphatic heterocycles. The van der Waals surface area contributed by atoms with Gasteiger partial charge in [0.1, 0.15) is 17.6 Å². The lowest BCUT2D eigenvalue weighted by molar-refractivity contribution is -0.152. The van der Waals surface area contributed by atoms with Gasteiger partial charge in [0.05, 0.1) is 12.1 Å². The van der Waals surface area contributed by atoms with E-state index in [0.29, 0.717) is 33.8 Å². The second-order valence-electron chi connectivity index (χ2n) is 9.14. The third-order valence-corrected chi connectivity index (χ3v) is 5.58. The van der Waals surface area contributed by atoms with Crippen LogP contribution in [0.5, 0.6) is 11.5 Å². The highest BCUT2D eigenvalue weighted by molar-refractivity contribution is 5.94. The smallest absolute Gasteiger partial charge is 0.416 e. The topological polar surface area (TPSA) is 84.9 Å². The zero-order valence-electron chi connectivity index (χ0n) is 20.8. The number of carboxylic acid groups (broad SMARTS) is 1. The number of alkyl halides is 3. The first kappa shape index (κ1) is 27.6. The minimum absolute atomic E-state index is 0.206. The number of nitrogens with one attached hydrogen (secondary N) is 1. The molecule has 3 aromatic carbocycles. The van der Waals surface area contributed by atoms with Gasteiger partial charge in [0, 0.05) is 5.56 Å². The molecule has 0 saturated carbocycles. The van der Waals surface area contributed by atoms with E-state index in [1.165, 1.54) is 19.9 Å². The van der Waals surface area contributed by atoms with Crippen LogP contribution in [-0.4, -0.2) is 35.2 Å². The molecule has 0 aliphatic carbocycles. The van der Waals surface area contributed by atoms with Gasteiger partial charge in [-0.25, -0.2) is 4.79 Å². The Balaban J connectivity index is 1.56. The molecule has 3 aromatic rings. The highest BCUT2D eigenvalue weighted by Crippen LogP contribution is 2.32. The van der Waals surface area contributed by atoms with Crippen LogP contribution >= 0.6 is 0 Å². The Kier molecular flexibility index (Phi) is 8.15. The molecule has 1 unspecified atom stereocenters. The molecule has 0 saturated heterocycles. The summed E-state index contributed by atoms with van der Waals surface area (Å²) in [6, 6.07) is 16.3. The standard InChI is InChI=1S/C28H28F3NO5/c1-17-14-23(12-13-24(17)37-27(3,4)26(34)35)36-18(2)16-32-25(33)20-10-8-19(9-11-20)21-6-5-7-22(15-21)28(29,30)31/h5-15,18H,16H2,1-4H3,(H,32,33)(H,34,35). The average Bonchev–Trinajstić information content (AvgIpc) is 2.84. The highest BCUT2D eigenvalue weighted by Gasteiger charge is 2.31. The van der Waals surface area contributed by atoms with Crippen molar-refractivity contribution >= 4 is 11.9 Å². The van der Waals surface area contributed by atoms with Crippen molar-refractivity contribution in [3.63, 3.8) is 0 Å². The van der Waals surface area contributed by atoms with Crippen molar-refractivity contribution in [2.24, 2.45) is 0 Å². The third-order valence-electron chi connectivity index (χ3n) is 5.58. The molecule has 0 spiro atoms. The van der Waals surface area contributed by atoms with Crippen molar-refractivity contribution in [2.45, 2.75) is 45.6 Å². The van der Waals surface area contributed by atoms with E-state index in [2.05, 4.69) is 5.32 Å². The van der Waals surface area contributed by atoms with E-state index in [1.54, 1.807) is 62.4 Å². The fourth-order valence-electron chi connectivity index (χ4n) is 3.43. The van der Waals surface area contributed by atoms with Crippen molar-refractivity contribution in [1.29, 1.82) is 0 Å². The summed E-state index contributed by atoms with van der Waals surface area (Å²) < 4.78 is 50.4. The maximum absolute atomic E-state index is 13.0. The van der Waals surface area contributed by atoms with Crippen molar-refractivity contribution in [3.05, 3.63) is 83.4 Å². The van der Waals surface area contributed by atoms with Gasteiger partial charge in [-0.15, -0.1) is 0 Å². The summed E-state index contributed by atoms with van der Waals surface area (Å²) in [5.74, 6) is -0.469. The van der Waals surface area contributed by atoms with Crippen LogP contribution in [0.15, 0.2) is 66.7 Å². The number of amides is 1. The van der Waals surface area contributed by atoms with Crippen molar-refractivity contribution in [1.82, 2.24) is 5.32 Å². The molecule has 2 N–H and O–H groups in total. The van der Waals surface area contributed by atoms with Crippen LogP contribution in [0.1, 0.15) is 42.3 Å². The Morgan fingerprint density at radius 3 is 2.24 bits per heavy atom. The van der Waals surface area contributed by atoms with E-state index < -0.39 is 23.3 Å². The lowest BCUT2D eigenvalue weighted by atomic mass is 10.0. The predicted molar refractivity (Wildman–Crippen MR) is 133 cm³/mol. The van der Waals surface area contributed by atoms with Gasteiger partial charge >= 0.3 is 12.1 Å². The maximum atomic E-state index is 13.0. The second kappa shape index (κ2) is 10.9. The van der Waals surface area contributed by atoms with E-state index >= 15 is 0 Å². The number of hydrogen-bond donors (Lipinski definition) is 2. The first-order valence-corrected chi connectivity index (χ1v) is 11.5. The zero-order chi connectivity index (χ0) is 27.4. The molecule has 1 atom stereocenters. The molecule has 0 aliphatic rings. The van der Waals surface area contributed by atoms with Gasteiger partial charge in [-0.1, -0.05) is 24.3 Å². The van der Waals surface area contributed by atoms with Crippen LogP contribution in [0.4, 0.5) is 13.2 Å². The van der Waals surface area contributed by atoms with Gasteiger partial charge in [0.25, 0.3) is 5.91 Å². The van der Waals surface area contributed by atoms with Gasteiger partial charge in [-0.05, 0) is 86.8 Å². The fourth-order valence-corrected chi connectivity index (χ4v) is 3.43. The van der Waals surface area contributed by atoms with Crippen LogP contribution in [0, 0.1) is 6.92 Å². The molecule has 196 valence electrons. The molecule has 0 heterocycles. The fraction of sp³-hybridized carbons (Fsp3) is 0.286. The van der Waals surface area contributed by atoms with Crippen LogP contribution < -0.4 is 14.8 Å². The third kappa shape index (κ3) is 7.25. The number of carboxylic acids is 1. The zero-order valence-corrected chi connectivity index (χ0v) is 20.8. The van der Waals surface area contributed by atoms with Gasteiger partial charge in [-0.3, -0.25) is 4.79 Å². The molecular weight excluding hydrogens is 487 g/mol. The number of aliphatic carboxylic acids is 1. The van der Waals surface area contributed by atoms with Crippen LogP contribution in [0.3, 0.4) is 0 Å². The van der Waals surface area contributed by atoms with Gasteiger partial charge in [0.15, 0.2) is 5.60 Å². The monoisotopic (exact) mass is 515 g/mol. The summed E-state index contributed by atoms with van der Waals surface area (Å²) in [6.45, 7) is 6.68. The molecule has 1 amide bonds. The van der Waals surface area contributed by atoms with E-state index in [0.717, 1.165) is 12.1 Å². The van der Waals surface area contributed by atoms with Gasteiger partial charge < -0.3 is 19.9 Å². The van der Waals surface area contributed by atoms with Crippen molar-refractivity contribution in [3.8, 4) is 22.6 Å².